The van der Waals surface area contributed by atoms with Gasteiger partial charge in [-0.3, -0.25) is 0 Å². The fraction of sp³-hybridized carbons (Fsp3) is 0.176. The summed E-state index contributed by atoms with van der Waals surface area (Å²) in [5, 5.41) is 13.8. The first-order valence-corrected chi connectivity index (χ1v) is 7.96. The molecule has 23 heavy (non-hydrogen) atoms. The van der Waals surface area contributed by atoms with Crippen LogP contribution >= 0.6 is 11.8 Å². The van der Waals surface area contributed by atoms with E-state index in [-0.39, 0.29) is 0 Å². The first kappa shape index (κ1) is 15.6. The van der Waals surface area contributed by atoms with Crippen molar-refractivity contribution in [2.75, 3.05) is 7.11 Å². The lowest BCUT2D eigenvalue weighted by Crippen LogP contribution is -2.45. The highest BCUT2D eigenvalue weighted by atomic mass is 32.2. The van der Waals surface area contributed by atoms with E-state index in [0.29, 0.717) is 10.6 Å². The van der Waals surface area contributed by atoms with Crippen LogP contribution in [0.5, 0.6) is 0 Å². The molecule has 1 unspecified atom stereocenters. The van der Waals surface area contributed by atoms with Crippen LogP contribution in [0.25, 0.3) is 0 Å². The lowest BCUT2D eigenvalue weighted by molar-refractivity contribution is 0.0372. The van der Waals surface area contributed by atoms with Crippen LogP contribution in [0.4, 0.5) is 4.79 Å². The average Bonchev–Trinajstić information content (AvgIpc) is 2.94. The molecule has 2 aromatic carbocycles. The van der Waals surface area contributed by atoms with Gasteiger partial charge in [0.05, 0.1) is 7.11 Å². The first-order valence-electron chi connectivity index (χ1n) is 7.08. The highest BCUT2D eigenvalue weighted by Gasteiger charge is 2.46. The molecule has 0 saturated heterocycles. The molecule has 0 radical (unpaired) electrons. The second-order valence-electron chi connectivity index (χ2n) is 5.01. The third kappa shape index (κ3) is 3.09. The Labute approximate surface area is 138 Å². The van der Waals surface area contributed by atoms with Gasteiger partial charge < -0.3 is 15.2 Å². The molecule has 3 rings (SSSR count). The number of carbonyl (C=O) groups excluding carboxylic acids is 1. The molecule has 1 aliphatic rings. The van der Waals surface area contributed by atoms with Crippen molar-refractivity contribution in [3.63, 3.8) is 0 Å². The minimum Gasteiger partial charge on any atom is -0.453 e. The molecule has 2 aromatic rings. The van der Waals surface area contributed by atoms with Crippen LogP contribution < -0.4 is 5.32 Å². The van der Waals surface area contributed by atoms with Crippen LogP contribution in [-0.2, 0) is 10.5 Å². The molecule has 0 aromatic heterocycles. The SMILES string of the molecule is COC(=O)NC1SC(c2ccccc2)=N[C@@]1(O)c1ccccc1. The van der Waals surface area contributed by atoms with Crippen LogP contribution in [0.3, 0.4) is 0 Å². The minimum absolute atomic E-state index is 0.610. The van der Waals surface area contributed by atoms with Gasteiger partial charge in [-0.1, -0.05) is 72.4 Å². The van der Waals surface area contributed by atoms with E-state index in [2.05, 4.69) is 15.0 Å². The summed E-state index contributed by atoms with van der Waals surface area (Å²) in [7, 11) is 1.29. The number of hydrogen-bond acceptors (Lipinski definition) is 5. The van der Waals surface area contributed by atoms with Crippen molar-refractivity contribution in [2.45, 2.75) is 11.1 Å². The van der Waals surface area contributed by atoms with Gasteiger partial charge in [0.25, 0.3) is 0 Å². The summed E-state index contributed by atoms with van der Waals surface area (Å²) in [6.45, 7) is 0. The largest absolute Gasteiger partial charge is 0.453 e. The van der Waals surface area contributed by atoms with Crippen LogP contribution in [-0.4, -0.2) is 28.7 Å². The Kier molecular flexibility index (Phi) is 4.36. The second-order valence-corrected chi connectivity index (χ2v) is 6.10. The Bertz CT molecular complexity index is 721. The molecule has 118 valence electrons. The number of carbonyl (C=O) groups is 1. The molecular formula is C17H16N2O3S. The summed E-state index contributed by atoms with van der Waals surface area (Å²) < 4.78 is 4.66. The summed E-state index contributed by atoms with van der Waals surface area (Å²) >= 11 is 1.30. The number of ether oxygens (including phenoxy) is 1. The number of aliphatic imine (C=N–C) groups is 1. The molecule has 0 spiro atoms. The van der Waals surface area contributed by atoms with Gasteiger partial charge in [0.2, 0.25) is 5.72 Å². The highest BCUT2D eigenvalue weighted by molar-refractivity contribution is 8.15. The summed E-state index contributed by atoms with van der Waals surface area (Å²) in [4.78, 5) is 16.1. The summed E-state index contributed by atoms with van der Waals surface area (Å²) in [6, 6.07) is 18.6. The second kappa shape index (κ2) is 6.44. The maximum atomic E-state index is 11.6. The first-order chi connectivity index (χ1) is 11.1. The van der Waals surface area contributed by atoms with Crippen molar-refractivity contribution in [3.8, 4) is 0 Å². The number of nitrogens with one attached hydrogen (secondary N) is 1. The molecule has 1 heterocycles. The van der Waals surface area contributed by atoms with E-state index in [1.54, 1.807) is 12.1 Å². The molecule has 1 aliphatic heterocycles. The van der Waals surface area contributed by atoms with Gasteiger partial charge in [-0.25, -0.2) is 9.79 Å². The van der Waals surface area contributed by atoms with Gasteiger partial charge in [0.1, 0.15) is 10.4 Å². The molecule has 0 bridgehead atoms. The van der Waals surface area contributed by atoms with Gasteiger partial charge in [0.15, 0.2) is 0 Å². The molecule has 6 heteroatoms. The van der Waals surface area contributed by atoms with Gasteiger partial charge in [-0.2, -0.15) is 0 Å². The van der Waals surface area contributed by atoms with Crippen LogP contribution in [0.2, 0.25) is 0 Å². The standard InChI is InChI=1S/C17H16N2O3S/c1-22-16(20)18-15-17(21,13-10-6-3-7-11-13)19-14(23-15)12-8-4-2-5-9-12/h2-11,15,21H,1H3,(H,18,20)/t15?,17-/m1/s1. The number of thioether (sulfide) groups is 1. The molecule has 5 nitrogen and oxygen atoms in total. The molecule has 0 fully saturated rings. The Morgan fingerprint density at radius 3 is 2.39 bits per heavy atom. The molecule has 1 amide bonds. The van der Waals surface area contributed by atoms with Crippen molar-refractivity contribution in [1.82, 2.24) is 5.32 Å². The lowest BCUT2D eigenvalue weighted by atomic mass is 10.0. The zero-order chi connectivity index (χ0) is 16.3. The Hall–Kier alpha value is -2.31. The third-order valence-electron chi connectivity index (χ3n) is 3.52. The summed E-state index contributed by atoms with van der Waals surface area (Å²) in [6.07, 6.45) is -0.610. The molecule has 2 atom stereocenters. The van der Waals surface area contributed by atoms with Crippen molar-refractivity contribution >= 4 is 22.9 Å². The van der Waals surface area contributed by atoms with Gasteiger partial charge in [0, 0.05) is 11.1 Å². The molecular weight excluding hydrogens is 312 g/mol. The summed E-state index contributed by atoms with van der Waals surface area (Å²) in [5.41, 5.74) is -0.0495. The van der Waals surface area contributed by atoms with E-state index in [1.165, 1.54) is 18.9 Å². The van der Waals surface area contributed by atoms with Gasteiger partial charge >= 0.3 is 6.09 Å². The van der Waals surface area contributed by atoms with E-state index in [1.807, 2.05) is 48.5 Å². The maximum absolute atomic E-state index is 11.6. The fourth-order valence-electron chi connectivity index (χ4n) is 2.34. The number of hydrogen-bond donors (Lipinski definition) is 2. The predicted octanol–water partition coefficient (Wildman–Crippen LogP) is 2.71. The number of methoxy groups -OCH3 is 1. The lowest BCUT2D eigenvalue weighted by Gasteiger charge is -2.27. The molecule has 0 saturated carbocycles. The van der Waals surface area contributed by atoms with Crippen LogP contribution in [0.15, 0.2) is 65.7 Å². The topological polar surface area (TPSA) is 70.9 Å². The monoisotopic (exact) mass is 328 g/mol. The normalized spacial score (nSPS) is 23.2. The highest BCUT2D eigenvalue weighted by Crippen LogP contribution is 2.41. The van der Waals surface area contributed by atoms with Crippen molar-refractivity contribution in [3.05, 3.63) is 71.8 Å². The minimum atomic E-state index is -1.55. The van der Waals surface area contributed by atoms with Crippen molar-refractivity contribution in [1.29, 1.82) is 0 Å². The Morgan fingerprint density at radius 1 is 1.17 bits per heavy atom. The number of aliphatic hydroxyl groups is 1. The molecule has 0 aliphatic carbocycles. The third-order valence-corrected chi connectivity index (χ3v) is 4.75. The van der Waals surface area contributed by atoms with E-state index >= 15 is 0 Å². The van der Waals surface area contributed by atoms with Crippen molar-refractivity contribution < 1.29 is 14.6 Å². The van der Waals surface area contributed by atoms with E-state index in [4.69, 9.17) is 0 Å². The number of amides is 1. The quantitative estimate of drug-likeness (QED) is 0.909. The number of rotatable bonds is 3. The number of alkyl carbamates (subject to hydrolysis) is 1. The molecule has 2 N–H and O–H groups in total. The smallest absolute Gasteiger partial charge is 0.407 e. The number of benzene rings is 2. The van der Waals surface area contributed by atoms with E-state index in [9.17, 15) is 9.90 Å². The zero-order valence-electron chi connectivity index (χ0n) is 12.5. The van der Waals surface area contributed by atoms with Crippen LogP contribution in [0.1, 0.15) is 11.1 Å². The average molecular weight is 328 g/mol. The zero-order valence-corrected chi connectivity index (χ0v) is 13.3. The van der Waals surface area contributed by atoms with Crippen molar-refractivity contribution in [2.24, 2.45) is 4.99 Å². The predicted molar refractivity (Wildman–Crippen MR) is 90.2 cm³/mol. The fourth-order valence-corrected chi connectivity index (χ4v) is 3.54. The van der Waals surface area contributed by atoms with Gasteiger partial charge in [-0.05, 0) is 0 Å². The Morgan fingerprint density at radius 2 is 1.78 bits per heavy atom. The number of nitrogens with zero attached hydrogens (tertiary/aromatic N) is 1. The van der Waals surface area contributed by atoms with E-state index < -0.39 is 17.2 Å². The summed E-state index contributed by atoms with van der Waals surface area (Å²) in [5.74, 6) is 0. The Balaban J connectivity index is 2.00. The van der Waals surface area contributed by atoms with E-state index in [0.717, 1.165) is 5.56 Å². The maximum Gasteiger partial charge on any atom is 0.407 e. The van der Waals surface area contributed by atoms with Gasteiger partial charge in [-0.15, -0.1) is 0 Å². The van der Waals surface area contributed by atoms with Crippen LogP contribution in [0, 0.1) is 0 Å².